The number of thioether (sulfide) groups is 1. The van der Waals surface area contributed by atoms with Crippen LogP contribution >= 0.6 is 11.8 Å². The zero-order chi connectivity index (χ0) is 18.5. The maximum absolute atomic E-state index is 12.4. The number of aromatic amines is 1. The van der Waals surface area contributed by atoms with Gasteiger partial charge >= 0.3 is 0 Å². The van der Waals surface area contributed by atoms with Crippen molar-refractivity contribution in [2.45, 2.75) is 31.2 Å². The number of carbonyl (C=O) groups excluding carboxylic acids is 1. The highest BCUT2D eigenvalue weighted by Gasteiger charge is 2.28. The van der Waals surface area contributed by atoms with Crippen LogP contribution in [0, 0.1) is 6.92 Å². The third kappa shape index (κ3) is 2.75. The molecule has 4 heterocycles. The minimum atomic E-state index is -0.00467. The maximum atomic E-state index is 12.4. The number of rotatable bonds is 0. The number of carbonyl (C=O) groups is 1. The fourth-order valence-corrected chi connectivity index (χ4v) is 4.72. The zero-order valence-corrected chi connectivity index (χ0v) is 16.1. The first-order valence-electron chi connectivity index (χ1n) is 9.17. The number of nitrogens with zero attached hydrogens (tertiary/aromatic N) is 2. The zero-order valence-electron chi connectivity index (χ0n) is 15.3. The quantitative estimate of drug-likeness (QED) is 0.577. The Kier molecular flexibility index (Phi) is 3.82. The average molecular weight is 376 g/mol. The van der Waals surface area contributed by atoms with E-state index in [-0.39, 0.29) is 11.8 Å². The van der Waals surface area contributed by atoms with Crippen LogP contribution in [0.25, 0.3) is 22.3 Å². The Hall–Kier alpha value is -2.60. The summed E-state index contributed by atoms with van der Waals surface area (Å²) >= 11 is 1.74. The molecule has 0 spiro atoms. The lowest BCUT2D eigenvalue weighted by Gasteiger charge is -2.22. The van der Waals surface area contributed by atoms with E-state index in [2.05, 4.69) is 23.3 Å². The third-order valence-corrected chi connectivity index (χ3v) is 6.57. The van der Waals surface area contributed by atoms with Crippen molar-refractivity contribution >= 4 is 28.7 Å². The number of aromatic nitrogens is 3. The molecule has 0 radical (unpaired) electrons. The number of benzene rings is 1. The Labute approximate surface area is 161 Å². The molecule has 6 heteroatoms. The highest BCUT2D eigenvalue weighted by atomic mass is 32.2. The molecule has 27 heavy (non-hydrogen) atoms. The van der Waals surface area contributed by atoms with Crippen LogP contribution in [0.15, 0.2) is 40.9 Å². The Morgan fingerprint density at radius 1 is 1.19 bits per heavy atom. The molecule has 2 aliphatic rings. The summed E-state index contributed by atoms with van der Waals surface area (Å²) in [5, 5.41) is 4.00. The van der Waals surface area contributed by atoms with E-state index in [0.717, 1.165) is 56.4 Å². The predicted molar refractivity (Wildman–Crippen MR) is 108 cm³/mol. The minimum absolute atomic E-state index is 0.00467. The van der Waals surface area contributed by atoms with Crippen LogP contribution in [0.2, 0.25) is 0 Å². The molecule has 5 rings (SSSR count). The van der Waals surface area contributed by atoms with E-state index < -0.39 is 0 Å². The summed E-state index contributed by atoms with van der Waals surface area (Å²) < 4.78 is 0. The van der Waals surface area contributed by atoms with E-state index in [9.17, 15) is 4.79 Å². The van der Waals surface area contributed by atoms with Crippen LogP contribution < -0.4 is 5.32 Å². The van der Waals surface area contributed by atoms with Gasteiger partial charge in [-0.05, 0) is 32.4 Å². The van der Waals surface area contributed by atoms with Gasteiger partial charge in [-0.2, -0.15) is 0 Å². The summed E-state index contributed by atoms with van der Waals surface area (Å²) in [6.07, 6.45) is 3.19. The SMILES string of the molecule is C/C1=C\C[C@H]2CNC(=O)c3cc([nH]c32)-c2cccc3nc(C)c(nc23)SC1. The summed E-state index contributed by atoms with van der Waals surface area (Å²) in [4.78, 5) is 25.7. The predicted octanol–water partition coefficient (Wildman–Crippen LogP) is 4.20. The molecule has 1 aromatic carbocycles. The van der Waals surface area contributed by atoms with Gasteiger partial charge in [0.05, 0.1) is 22.3 Å². The van der Waals surface area contributed by atoms with Crippen LogP contribution in [0.4, 0.5) is 0 Å². The standard InChI is InChI=1S/C21H20N4OS/c1-11-6-7-13-9-22-20(26)15-8-17(24-18(13)15)14-4-3-5-16-19(14)25-21(27-10-11)12(2)23-16/h3-6,8,13,24H,7,9-10H2,1-2H3,(H,22,26)/b11-6+/t13-/m0/s1. The summed E-state index contributed by atoms with van der Waals surface area (Å²) in [6, 6.07) is 8.01. The molecular weight excluding hydrogens is 356 g/mol. The van der Waals surface area contributed by atoms with Crippen LogP contribution in [-0.2, 0) is 0 Å². The average Bonchev–Trinajstić information content (AvgIpc) is 3.11. The van der Waals surface area contributed by atoms with Gasteiger partial charge in [0.1, 0.15) is 5.03 Å². The normalized spacial score (nSPS) is 21.0. The summed E-state index contributed by atoms with van der Waals surface area (Å²) in [5.74, 6) is 1.15. The lowest BCUT2D eigenvalue weighted by Crippen LogP contribution is -2.34. The Bertz CT molecular complexity index is 1110. The largest absolute Gasteiger partial charge is 0.357 e. The van der Waals surface area contributed by atoms with Crippen molar-refractivity contribution in [3.8, 4) is 11.3 Å². The third-order valence-electron chi connectivity index (χ3n) is 5.31. The van der Waals surface area contributed by atoms with Gasteiger partial charge in [-0.3, -0.25) is 4.79 Å². The molecule has 1 amide bonds. The van der Waals surface area contributed by atoms with Crippen molar-refractivity contribution in [3.05, 3.63) is 52.9 Å². The van der Waals surface area contributed by atoms with Crippen LogP contribution in [0.3, 0.4) is 0 Å². The molecule has 4 bridgehead atoms. The van der Waals surface area contributed by atoms with E-state index >= 15 is 0 Å². The van der Waals surface area contributed by atoms with Gasteiger partial charge in [-0.15, -0.1) is 11.8 Å². The number of H-pyrrole nitrogens is 1. The molecule has 2 aromatic heterocycles. The molecular formula is C21H20N4OS. The molecule has 0 fully saturated rings. The van der Waals surface area contributed by atoms with Crippen molar-refractivity contribution in [2.75, 3.05) is 12.3 Å². The van der Waals surface area contributed by atoms with Crippen molar-refractivity contribution in [1.29, 1.82) is 0 Å². The number of hydrogen-bond acceptors (Lipinski definition) is 4. The van der Waals surface area contributed by atoms with E-state index in [1.165, 1.54) is 5.57 Å². The first-order chi connectivity index (χ1) is 13.1. The van der Waals surface area contributed by atoms with Crippen LogP contribution in [0.1, 0.15) is 41.0 Å². The lowest BCUT2D eigenvalue weighted by atomic mass is 9.93. The second kappa shape index (κ2) is 6.23. The highest BCUT2D eigenvalue weighted by Crippen LogP contribution is 2.35. The number of aryl methyl sites for hydroxylation is 1. The second-order valence-corrected chi connectivity index (χ2v) is 8.24. The molecule has 0 saturated carbocycles. The number of amides is 1. The fourth-order valence-electron chi connectivity index (χ4n) is 3.83. The molecule has 136 valence electrons. The maximum Gasteiger partial charge on any atom is 0.253 e. The summed E-state index contributed by atoms with van der Waals surface area (Å²) in [6.45, 7) is 4.84. The smallest absolute Gasteiger partial charge is 0.253 e. The van der Waals surface area contributed by atoms with Crippen LogP contribution in [-0.4, -0.2) is 33.2 Å². The monoisotopic (exact) mass is 376 g/mol. The fraction of sp³-hybridized carbons (Fsp3) is 0.286. The van der Waals surface area contributed by atoms with Gasteiger partial charge in [0.25, 0.3) is 5.91 Å². The Morgan fingerprint density at radius 2 is 2.07 bits per heavy atom. The van der Waals surface area contributed by atoms with E-state index in [0.29, 0.717) is 6.54 Å². The van der Waals surface area contributed by atoms with Gasteiger partial charge in [0.15, 0.2) is 0 Å². The van der Waals surface area contributed by atoms with Crippen molar-refractivity contribution in [3.63, 3.8) is 0 Å². The van der Waals surface area contributed by atoms with Gasteiger partial charge < -0.3 is 10.3 Å². The number of allylic oxidation sites excluding steroid dienone is 1. The summed E-state index contributed by atoms with van der Waals surface area (Å²) in [5.41, 5.74) is 7.73. The Balaban J connectivity index is 1.79. The molecule has 5 nitrogen and oxygen atoms in total. The van der Waals surface area contributed by atoms with Gasteiger partial charge in [-0.1, -0.05) is 23.8 Å². The second-order valence-electron chi connectivity index (χ2n) is 7.28. The highest BCUT2D eigenvalue weighted by molar-refractivity contribution is 7.99. The topological polar surface area (TPSA) is 70.7 Å². The van der Waals surface area contributed by atoms with E-state index in [1.807, 2.05) is 31.2 Å². The van der Waals surface area contributed by atoms with Crippen molar-refractivity contribution < 1.29 is 4.79 Å². The minimum Gasteiger partial charge on any atom is -0.357 e. The number of hydrogen-bond donors (Lipinski definition) is 2. The molecule has 0 unspecified atom stereocenters. The van der Waals surface area contributed by atoms with Crippen molar-refractivity contribution in [2.24, 2.45) is 0 Å². The molecule has 0 aliphatic carbocycles. The number of fused-ring (bicyclic) bond motifs is 3. The van der Waals surface area contributed by atoms with E-state index in [4.69, 9.17) is 9.97 Å². The first-order valence-corrected chi connectivity index (χ1v) is 10.2. The first kappa shape index (κ1) is 16.6. The molecule has 2 N–H and O–H groups in total. The number of nitrogens with one attached hydrogen (secondary N) is 2. The molecule has 2 aliphatic heterocycles. The van der Waals surface area contributed by atoms with Crippen LogP contribution in [0.5, 0.6) is 0 Å². The molecule has 3 aromatic rings. The van der Waals surface area contributed by atoms with Gasteiger partial charge in [0, 0.05) is 35.2 Å². The van der Waals surface area contributed by atoms with Gasteiger partial charge in [0.2, 0.25) is 0 Å². The number of para-hydroxylation sites is 1. The molecule has 0 saturated heterocycles. The lowest BCUT2D eigenvalue weighted by molar-refractivity contribution is 0.0940. The van der Waals surface area contributed by atoms with Gasteiger partial charge in [-0.25, -0.2) is 9.97 Å². The van der Waals surface area contributed by atoms with Crippen molar-refractivity contribution in [1.82, 2.24) is 20.3 Å². The molecule has 1 atom stereocenters. The Morgan fingerprint density at radius 3 is 2.96 bits per heavy atom. The summed E-state index contributed by atoms with van der Waals surface area (Å²) in [7, 11) is 0. The van der Waals surface area contributed by atoms with E-state index in [1.54, 1.807) is 11.8 Å².